The van der Waals surface area contributed by atoms with Gasteiger partial charge in [0.1, 0.15) is 0 Å². The van der Waals surface area contributed by atoms with E-state index in [-0.39, 0.29) is 0 Å². The summed E-state index contributed by atoms with van der Waals surface area (Å²) in [7, 11) is 0. The van der Waals surface area contributed by atoms with Crippen LogP contribution in [-0.4, -0.2) is 9.78 Å². The van der Waals surface area contributed by atoms with Gasteiger partial charge in [-0.25, -0.2) is 0 Å². The molecule has 1 fully saturated rings. The number of nitrogens with zero attached hydrogens (tertiary/aromatic N) is 2. The first-order valence-electron chi connectivity index (χ1n) is 4.69. The van der Waals surface area contributed by atoms with E-state index >= 15 is 0 Å². The van der Waals surface area contributed by atoms with Gasteiger partial charge >= 0.3 is 0 Å². The van der Waals surface area contributed by atoms with Gasteiger partial charge in [0, 0.05) is 12.7 Å². The molecule has 2 atom stereocenters. The smallest absolute Gasteiger partial charge is 0.159 e. The molecule has 4 heteroatoms. The Labute approximate surface area is 86.4 Å². The first kappa shape index (κ1) is 9.06. The molecule has 2 N–H and O–H groups in total. The molecule has 2 unspecified atom stereocenters. The third-order valence-corrected chi connectivity index (χ3v) is 3.37. The van der Waals surface area contributed by atoms with Gasteiger partial charge in [0.15, 0.2) is 5.82 Å². The van der Waals surface area contributed by atoms with Crippen molar-refractivity contribution in [2.45, 2.75) is 26.3 Å². The van der Waals surface area contributed by atoms with Crippen molar-refractivity contribution in [2.24, 2.45) is 11.8 Å². The predicted molar refractivity (Wildman–Crippen MR) is 56.2 cm³/mol. The van der Waals surface area contributed by atoms with Crippen molar-refractivity contribution >= 4 is 21.7 Å². The van der Waals surface area contributed by atoms with Crippen molar-refractivity contribution in [3.05, 3.63) is 10.7 Å². The molecule has 0 aromatic carbocycles. The Hall–Kier alpha value is -0.510. The summed E-state index contributed by atoms with van der Waals surface area (Å²) in [6.45, 7) is 3.27. The van der Waals surface area contributed by atoms with Gasteiger partial charge in [-0.05, 0) is 34.2 Å². The van der Waals surface area contributed by atoms with Crippen LogP contribution in [0, 0.1) is 11.8 Å². The largest absolute Gasteiger partial charge is 0.381 e. The quantitative estimate of drug-likeness (QED) is 0.886. The Bertz CT molecular complexity index is 288. The molecule has 1 aromatic rings. The molecule has 1 aliphatic rings. The summed E-state index contributed by atoms with van der Waals surface area (Å²) in [6, 6.07) is 0. The second-order valence-electron chi connectivity index (χ2n) is 3.75. The Morgan fingerprint density at radius 2 is 2.46 bits per heavy atom. The summed E-state index contributed by atoms with van der Waals surface area (Å²) >= 11 is 3.35. The van der Waals surface area contributed by atoms with Crippen molar-refractivity contribution < 1.29 is 0 Å². The van der Waals surface area contributed by atoms with E-state index in [2.05, 4.69) is 28.0 Å². The van der Waals surface area contributed by atoms with Gasteiger partial charge in [0.25, 0.3) is 0 Å². The van der Waals surface area contributed by atoms with Crippen molar-refractivity contribution in [3.63, 3.8) is 0 Å². The van der Waals surface area contributed by atoms with Gasteiger partial charge in [-0.2, -0.15) is 5.10 Å². The SMILES string of the molecule is CCC1CC1Cn1cc(Br)c(N)n1. The van der Waals surface area contributed by atoms with Crippen LogP contribution in [0.1, 0.15) is 19.8 Å². The lowest BCUT2D eigenvalue weighted by atomic mass is 10.2. The van der Waals surface area contributed by atoms with Crippen LogP contribution < -0.4 is 5.73 Å². The van der Waals surface area contributed by atoms with Gasteiger partial charge in [0.05, 0.1) is 4.47 Å². The van der Waals surface area contributed by atoms with E-state index < -0.39 is 0 Å². The maximum absolute atomic E-state index is 5.63. The van der Waals surface area contributed by atoms with Gasteiger partial charge in [-0.15, -0.1) is 0 Å². The number of rotatable bonds is 3. The monoisotopic (exact) mass is 243 g/mol. The summed E-state index contributed by atoms with van der Waals surface area (Å²) in [6.07, 6.45) is 4.61. The molecule has 2 rings (SSSR count). The third kappa shape index (κ3) is 1.88. The van der Waals surface area contributed by atoms with Crippen LogP contribution in [0.25, 0.3) is 0 Å². The van der Waals surface area contributed by atoms with E-state index in [0.717, 1.165) is 22.9 Å². The number of nitrogens with two attached hydrogens (primary N) is 1. The van der Waals surface area contributed by atoms with E-state index in [9.17, 15) is 0 Å². The minimum atomic E-state index is 0.591. The summed E-state index contributed by atoms with van der Waals surface area (Å²) in [5.41, 5.74) is 5.63. The fraction of sp³-hybridized carbons (Fsp3) is 0.667. The molecule has 0 bridgehead atoms. The minimum Gasteiger partial charge on any atom is -0.381 e. The normalized spacial score (nSPS) is 26.3. The fourth-order valence-electron chi connectivity index (χ4n) is 1.78. The van der Waals surface area contributed by atoms with Crippen molar-refractivity contribution in [2.75, 3.05) is 5.73 Å². The number of hydrogen-bond donors (Lipinski definition) is 1. The van der Waals surface area contributed by atoms with E-state index in [1.54, 1.807) is 0 Å². The molecular formula is C9H14BrN3. The second kappa shape index (κ2) is 3.33. The van der Waals surface area contributed by atoms with Crippen molar-refractivity contribution in [1.29, 1.82) is 0 Å². The van der Waals surface area contributed by atoms with Gasteiger partial charge in [-0.3, -0.25) is 4.68 Å². The lowest BCUT2D eigenvalue weighted by Crippen LogP contribution is -2.02. The highest BCUT2D eigenvalue weighted by Crippen LogP contribution is 2.42. The van der Waals surface area contributed by atoms with Crippen LogP contribution in [0.15, 0.2) is 10.7 Å². The Morgan fingerprint density at radius 1 is 1.69 bits per heavy atom. The Kier molecular flexibility index (Phi) is 2.32. The van der Waals surface area contributed by atoms with E-state index in [4.69, 9.17) is 5.73 Å². The predicted octanol–water partition coefficient (Wildman–Crippen LogP) is 2.27. The molecule has 1 heterocycles. The van der Waals surface area contributed by atoms with Crippen LogP contribution in [0.3, 0.4) is 0 Å². The first-order chi connectivity index (χ1) is 6.20. The highest BCUT2D eigenvalue weighted by Gasteiger charge is 2.35. The topological polar surface area (TPSA) is 43.8 Å². The van der Waals surface area contributed by atoms with E-state index in [0.29, 0.717) is 5.82 Å². The standard InChI is InChI=1S/C9H14BrN3/c1-2-6-3-7(6)4-13-5-8(10)9(11)12-13/h5-7H,2-4H2,1H3,(H2,11,12). The zero-order valence-electron chi connectivity index (χ0n) is 7.70. The number of hydrogen-bond acceptors (Lipinski definition) is 2. The third-order valence-electron chi connectivity index (χ3n) is 2.76. The Morgan fingerprint density at radius 3 is 2.92 bits per heavy atom. The summed E-state index contributed by atoms with van der Waals surface area (Å²) in [5, 5.41) is 4.21. The highest BCUT2D eigenvalue weighted by atomic mass is 79.9. The minimum absolute atomic E-state index is 0.591. The second-order valence-corrected chi connectivity index (χ2v) is 4.60. The van der Waals surface area contributed by atoms with Crippen LogP contribution in [-0.2, 0) is 6.54 Å². The average molecular weight is 244 g/mol. The lowest BCUT2D eigenvalue weighted by molar-refractivity contribution is 0.526. The molecule has 0 saturated heterocycles. The van der Waals surface area contributed by atoms with Gasteiger partial charge in [0.2, 0.25) is 0 Å². The lowest BCUT2D eigenvalue weighted by Gasteiger charge is -1.98. The molecule has 1 saturated carbocycles. The van der Waals surface area contributed by atoms with Crippen LogP contribution in [0.4, 0.5) is 5.82 Å². The number of anilines is 1. The molecule has 13 heavy (non-hydrogen) atoms. The number of halogens is 1. The first-order valence-corrected chi connectivity index (χ1v) is 5.48. The molecular weight excluding hydrogens is 230 g/mol. The van der Waals surface area contributed by atoms with E-state index in [1.165, 1.54) is 12.8 Å². The molecule has 72 valence electrons. The summed E-state index contributed by atoms with van der Waals surface area (Å²) in [4.78, 5) is 0. The average Bonchev–Trinajstić information content (AvgIpc) is 2.75. The zero-order chi connectivity index (χ0) is 9.42. The van der Waals surface area contributed by atoms with Crippen molar-refractivity contribution in [1.82, 2.24) is 9.78 Å². The fourth-order valence-corrected chi connectivity index (χ4v) is 2.10. The molecule has 0 aliphatic heterocycles. The van der Waals surface area contributed by atoms with Crippen LogP contribution in [0.5, 0.6) is 0 Å². The summed E-state index contributed by atoms with van der Waals surface area (Å²) < 4.78 is 2.85. The van der Waals surface area contributed by atoms with Crippen molar-refractivity contribution in [3.8, 4) is 0 Å². The van der Waals surface area contributed by atoms with Gasteiger partial charge < -0.3 is 5.73 Å². The maximum atomic E-state index is 5.63. The zero-order valence-corrected chi connectivity index (χ0v) is 9.29. The number of nitrogen functional groups attached to an aromatic ring is 1. The molecule has 0 spiro atoms. The molecule has 0 amide bonds. The molecule has 1 aliphatic carbocycles. The molecule has 3 nitrogen and oxygen atoms in total. The maximum Gasteiger partial charge on any atom is 0.159 e. The molecule has 1 aromatic heterocycles. The van der Waals surface area contributed by atoms with Gasteiger partial charge in [-0.1, -0.05) is 13.3 Å². The summed E-state index contributed by atoms with van der Waals surface area (Å²) in [5.74, 6) is 2.34. The van der Waals surface area contributed by atoms with E-state index in [1.807, 2.05) is 10.9 Å². The number of aromatic nitrogens is 2. The highest BCUT2D eigenvalue weighted by molar-refractivity contribution is 9.10. The van der Waals surface area contributed by atoms with Crippen LogP contribution >= 0.6 is 15.9 Å². The Balaban J connectivity index is 1.95. The molecule has 0 radical (unpaired) electrons. The van der Waals surface area contributed by atoms with Crippen LogP contribution in [0.2, 0.25) is 0 Å².